The number of carbonyl (C=O) groups excluding carboxylic acids is 1. The highest BCUT2D eigenvalue weighted by atomic mass is 35.5. The van der Waals surface area contributed by atoms with E-state index in [0.29, 0.717) is 0 Å². The van der Waals surface area contributed by atoms with Gasteiger partial charge in [-0.15, -0.1) is 0 Å². The quantitative estimate of drug-likeness (QED) is 0.781. The normalized spacial score (nSPS) is 11.0. The van der Waals surface area contributed by atoms with Crippen LogP contribution in [-0.2, 0) is 4.79 Å². The summed E-state index contributed by atoms with van der Waals surface area (Å²) < 4.78 is 13.2. The van der Waals surface area contributed by atoms with Crippen molar-refractivity contribution in [1.29, 1.82) is 0 Å². The topological polar surface area (TPSA) is 78.4 Å². The summed E-state index contributed by atoms with van der Waals surface area (Å²) in [6.45, 7) is 3.39. The summed E-state index contributed by atoms with van der Waals surface area (Å²) in [4.78, 5) is 22.3. The number of aliphatic carboxylic acids is 1. The molecule has 0 aliphatic rings. The largest absolute Gasteiger partial charge is 0.481 e. The van der Waals surface area contributed by atoms with E-state index in [1.54, 1.807) is 13.8 Å². The van der Waals surface area contributed by atoms with E-state index in [-0.39, 0.29) is 23.6 Å². The lowest BCUT2D eigenvalue weighted by Gasteiger charge is -2.25. The molecule has 0 fully saturated rings. The number of amides is 2. The minimum atomic E-state index is -0.937. The predicted molar refractivity (Wildman–Crippen MR) is 74.5 cm³/mol. The molecule has 110 valence electrons. The second kappa shape index (κ2) is 6.56. The molecule has 0 spiro atoms. The molecule has 0 aliphatic heterocycles. The van der Waals surface area contributed by atoms with Crippen LogP contribution in [0, 0.1) is 5.82 Å². The number of carboxylic acid groups (broad SMARTS) is 1. The van der Waals surface area contributed by atoms with Gasteiger partial charge in [-0.2, -0.15) is 0 Å². The summed E-state index contributed by atoms with van der Waals surface area (Å²) in [5.41, 5.74) is -0.555. The molecule has 0 unspecified atom stereocenters. The van der Waals surface area contributed by atoms with Crippen LogP contribution >= 0.6 is 11.6 Å². The minimum Gasteiger partial charge on any atom is -0.481 e. The van der Waals surface area contributed by atoms with E-state index >= 15 is 0 Å². The molecule has 5 nitrogen and oxygen atoms in total. The van der Waals surface area contributed by atoms with Crippen LogP contribution < -0.4 is 10.6 Å². The Hall–Kier alpha value is -1.82. The molecule has 0 heterocycles. The Morgan fingerprint density at radius 1 is 1.40 bits per heavy atom. The zero-order valence-corrected chi connectivity index (χ0v) is 11.9. The third-order valence-electron chi connectivity index (χ3n) is 2.62. The molecular formula is C13H16ClFN2O3. The summed E-state index contributed by atoms with van der Waals surface area (Å²) in [5.74, 6) is -1.57. The SMILES string of the molecule is CC(C)(CCC(=O)O)NC(=O)Nc1cccc(F)c1Cl. The number of hydrogen-bond donors (Lipinski definition) is 3. The molecule has 0 radical (unpaired) electrons. The monoisotopic (exact) mass is 302 g/mol. The first-order chi connectivity index (χ1) is 9.21. The number of halogens is 2. The lowest BCUT2D eigenvalue weighted by atomic mass is 9.99. The molecule has 7 heteroatoms. The zero-order chi connectivity index (χ0) is 15.3. The number of anilines is 1. The van der Waals surface area contributed by atoms with Crippen LogP contribution in [0.25, 0.3) is 0 Å². The first-order valence-corrected chi connectivity index (χ1v) is 6.34. The standard InChI is InChI=1S/C13H16ClFN2O3/c1-13(2,7-6-10(18)19)17-12(20)16-9-5-3-4-8(15)11(9)14/h3-5H,6-7H2,1-2H3,(H,18,19)(H2,16,17,20). The highest BCUT2D eigenvalue weighted by molar-refractivity contribution is 6.33. The van der Waals surface area contributed by atoms with Crippen molar-refractivity contribution in [2.24, 2.45) is 0 Å². The minimum absolute atomic E-state index is 0.0615. The maximum atomic E-state index is 13.2. The fourth-order valence-corrected chi connectivity index (χ4v) is 1.72. The van der Waals surface area contributed by atoms with E-state index in [1.165, 1.54) is 18.2 Å². The van der Waals surface area contributed by atoms with Crippen molar-refractivity contribution in [1.82, 2.24) is 5.32 Å². The van der Waals surface area contributed by atoms with Crippen LogP contribution in [0.15, 0.2) is 18.2 Å². The fraction of sp³-hybridized carbons (Fsp3) is 0.385. The summed E-state index contributed by atoms with van der Waals surface area (Å²) in [7, 11) is 0. The average molecular weight is 303 g/mol. The molecule has 0 atom stereocenters. The first kappa shape index (κ1) is 16.2. The molecule has 0 saturated heterocycles. The Bertz CT molecular complexity index is 520. The van der Waals surface area contributed by atoms with Crippen molar-refractivity contribution in [3.8, 4) is 0 Å². The van der Waals surface area contributed by atoms with Crippen LogP contribution in [0.5, 0.6) is 0 Å². The van der Waals surface area contributed by atoms with Crippen molar-refractivity contribution in [2.75, 3.05) is 5.32 Å². The molecular weight excluding hydrogens is 287 g/mol. The molecule has 1 aromatic carbocycles. The maximum absolute atomic E-state index is 13.2. The summed E-state index contributed by atoms with van der Waals surface area (Å²) in [5, 5.41) is 13.5. The van der Waals surface area contributed by atoms with Crippen molar-refractivity contribution in [3.05, 3.63) is 29.0 Å². The third-order valence-corrected chi connectivity index (χ3v) is 3.00. The Kier molecular flexibility index (Phi) is 5.33. The number of nitrogens with one attached hydrogen (secondary N) is 2. The Morgan fingerprint density at radius 3 is 2.65 bits per heavy atom. The molecule has 1 rings (SSSR count). The lowest BCUT2D eigenvalue weighted by Crippen LogP contribution is -2.45. The van der Waals surface area contributed by atoms with Gasteiger partial charge in [-0.3, -0.25) is 4.79 Å². The molecule has 0 bridgehead atoms. The summed E-state index contributed by atoms with van der Waals surface area (Å²) in [6, 6.07) is 3.50. The Morgan fingerprint density at radius 2 is 2.05 bits per heavy atom. The fourth-order valence-electron chi connectivity index (χ4n) is 1.54. The van der Waals surface area contributed by atoms with E-state index in [2.05, 4.69) is 10.6 Å². The van der Waals surface area contributed by atoms with Crippen molar-refractivity contribution in [3.63, 3.8) is 0 Å². The van der Waals surface area contributed by atoms with E-state index < -0.39 is 23.4 Å². The highest BCUT2D eigenvalue weighted by Gasteiger charge is 2.22. The number of urea groups is 1. The van der Waals surface area contributed by atoms with Gasteiger partial charge in [0.25, 0.3) is 0 Å². The molecule has 0 saturated carbocycles. The summed E-state index contributed by atoms with van der Waals surface area (Å²) >= 11 is 5.72. The second-order valence-corrected chi connectivity index (χ2v) is 5.34. The first-order valence-electron chi connectivity index (χ1n) is 5.96. The van der Waals surface area contributed by atoms with Gasteiger partial charge >= 0.3 is 12.0 Å². The van der Waals surface area contributed by atoms with E-state index in [0.717, 1.165) is 0 Å². The van der Waals surface area contributed by atoms with Crippen LogP contribution in [0.4, 0.5) is 14.9 Å². The van der Waals surface area contributed by atoms with Gasteiger partial charge in [0.15, 0.2) is 0 Å². The maximum Gasteiger partial charge on any atom is 0.319 e. The number of carbonyl (C=O) groups is 2. The number of hydrogen-bond acceptors (Lipinski definition) is 2. The average Bonchev–Trinajstić information content (AvgIpc) is 2.32. The molecule has 1 aromatic rings. The Balaban J connectivity index is 2.63. The van der Waals surface area contributed by atoms with Crippen molar-refractivity contribution in [2.45, 2.75) is 32.2 Å². The van der Waals surface area contributed by atoms with Gasteiger partial charge < -0.3 is 15.7 Å². The molecule has 3 N–H and O–H groups in total. The van der Waals surface area contributed by atoms with Gasteiger partial charge in [-0.25, -0.2) is 9.18 Å². The van der Waals surface area contributed by atoms with Gasteiger partial charge in [0.05, 0.1) is 10.7 Å². The van der Waals surface area contributed by atoms with Gasteiger partial charge in [-0.05, 0) is 32.4 Å². The van der Waals surface area contributed by atoms with Gasteiger partial charge in [-0.1, -0.05) is 17.7 Å². The van der Waals surface area contributed by atoms with Gasteiger partial charge in [0.1, 0.15) is 5.82 Å². The van der Waals surface area contributed by atoms with E-state index in [1.807, 2.05) is 0 Å². The summed E-state index contributed by atoms with van der Waals surface area (Å²) in [6.07, 6.45) is 0.209. The smallest absolute Gasteiger partial charge is 0.319 e. The van der Waals surface area contributed by atoms with E-state index in [4.69, 9.17) is 16.7 Å². The van der Waals surface area contributed by atoms with Gasteiger partial charge in [0.2, 0.25) is 0 Å². The van der Waals surface area contributed by atoms with Gasteiger partial charge in [0, 0.05) is 12.0 Å². The second-order valence-electron chi connectivity index (χ2n) is 4.96. The van der Waals surface area contributed by atoms with Crippen molar-refractivity contribution >= 4 is 29.3 Å². The van der Waals surface area contributed by atoms with E-state index in [9.17, 15) is 14.0 Å². The van der Waals surface area contributed by atoms with Crippen LogP contribution in [0.3, 0.4) is 0 Å². The molecule has 2 amide bonds. The van der Waals surface area contributed by atoms with Crippen LogP contribution in [-0.4, -0.2) is 22.6 Å². The Labute approximate surface area is 121 Å². The molecule has 20 heavy (non-hydrogen) atoms. The highest BCUT2D eigenvalue weighted by Crippen LogP contribution is 2.24. The molecule has 0 aromatic heterocycles. The van der Waals surface area contributed by atoms with Crippen LogP contribution in [0.2, 0.25) is 5.02 Å². The molecule has 0 aliphatic carbocycles. The third kappa shape index (κ3) is 5.05. The zero-order valence-electron chi connectivity index (χ0n) is 11.2. The van der Waals surface area contributed by atoms with Crippen LogP contribution in [0.1, 0.15) is 26.7 Å². The number of carboxylic acids is 1. The number of benzene rings is 1. The lowest BCUT2D eigenvalue weighted by molar-refractivity contribution is -0.137. The predicted octanol–water partition coefficient (Wildman–Crippen LogP) is 3.24. The van der Waals surface area contributed by atoms with Crippen molar-refractivity contribution < 1.29 is 19.1 Å². The number of rotatable bonds is 5.